The van der Waals surface area contributed by atoms with Crippen molar-refractivity contribution in [1.82, 2.24) is 29.5 Å². The molecule has 7 nitrogen and oxygen atoms in total. The highest BCUT2D eigenvalue weighted by Crippen LogP contribution is 2.40. The Morgan fingerprint density at radius 3 is 2.96 bits per heavy atom. The summed E-state index contributed by atoms with van der Waals surface area (Å²) in [5.41, 5.74) is 4.27. The molecule has 4 aromatic heterocycles. The van der Waals surface area contributed by atoms with Crippen molar-refractivity contribution in [1.29, 1.82) is 0 Å². The fourth-order valence-corrected chi connectivity index (χ4v) is 4.05. The number of rotatable bonds is 3. The van der Waals surface area contributed by atoms with E-state index in [4.69, 9.17) is 4.98 Å². The van der Waals surface area contributed by atoms with Crippen LogP contribution >= 0.6 is 0 Å². The van der Waals surface area contributed by atoms with Gasteiger partial charge in [-0.25, -0.2) is 18.9 Å². The third kappa shape index (κ3) is 2.41. The molecule has 2 aliphatic rings. The highest BCUT2D eigenvalue weighted by atomic mass is 19.1. The van der Waals surface area contributed by atoms with Crippen LogP contribution in [-0.4, -0.2) is 36.1 Å². The normalized spacial score (nSPS) is 19.2. The Bertz CT molecular complexity index is 1180. The van der Waals surface area contributed by atoms with Crippen LogP contribution in [0.1, 0.15) is 47.6 Å². The molecule has 0 amide bonds. The van der Waals surface area contributed by atoms with Crippen molar-refractivity contribution in [2.24, 2.45) is 0 Å². The minimum absolute atomic E-state index is 0.214. The summed E-state index contributed by atoms with van der Waals surface area (Å²) < 4.78 is 15.8. The SMILES string of the molecule is Fc1cccn2nc([C@H]3c4[nH]cnc4CCN3c3cncc(C4CC4)n3)cc12. The molecule has 0 aromatic carbocycles. The molecular formula is C20H18FN7. The van der Waals surface area contributed by atoms with Gasteiger partial charge in [0.05, 0.1) is 35.3 Å². The van der Waals surface area contributed by atoms with Gasteiger partial charge in [-0.15, -0.1) is 0 Å². The van der Waals surface area contributed by atoms with Gasteiger partial charge in [0.2, 0.25) is 0 Å². The number of imidazole rings is 1. The third-order valence-corrected chi connectivity index (χ3v) is 5.61. The minimum Gasteiger partial charge on any atom is -0.346 e. The Balaban J connectivity index is 1.50. The quantitative estimate of drug-likeness (QED) is 0.596. The number of anilines is 1. The number of H-pyrrole nitrogens is 1. The van der Waals surface area contributed by atoms with Crippen LogP contribution in [0.4, 0.5) is 10.2 Å². The van der Waals surface area contributed by atoms with Crippen molar-refractivity contribution in [2.75, 3.05) is 11.4 Å². The van der Waals surface area contributed by atoms with Crippen LogP contribution in [0.15, 0.2) is 43.1 Å². The summed E-state index contributed by atoms with van der Waals surface area (Å²) in [7, 11) is 0. The van der Waals surface area contributed by atoms with Gasteiger partial charge in [-0.05, 0) is 31.0 Å². The average molecular weight is 375 g/mol. The van der Waals surface area contributed by atoms with Gasteiger partial charge in [-0.1, -0.05) is 0 Å². The molecule has 6 rings (SSSR count). The van der Waals surface area contributed by atoms with Gasteiger partial charge in [0.15, 0.2) is 0 Å². The zero-order chi connectivity index (χ0) is 18.7. The molecule has 140 valence electrons. The summed E-state index contributed by atoms with van der Waals surface area (Å²) in [6.07, 6.45) is 10.3. The van der Waals surface area contributed by atoms with Gasteiger partial charge >= 0.3 is 0 Å². The Kier molecular flexibility index (Phi) is 3.29. The molecule has 4 aromatic rings. The van der Waals surface area contributed by atoms with E-state index >= 15 is 0 Å². The molecule has 1 N–H and O–H groups in total. The van der Waals surface area contributed by atoms with Crippen LogP contribution in [0.25, 0.3) is 5.52 Å². The van der Waals surface area contributed by atoms with E-state index in [0.717, 1.165) is 41.6 Å². The van der Waals surface area contributed by atoms with E-state index in [0.29, 0.717) is 11.4 Å². The smallest absolute Gasteiger partial charge is 0.148 e. The van der Waals surface area contributed by atoms with Crippen LogP contribution in [0, 0.1) is 5.82 Å². The van der Waals surface area contributed by atoms with Crippen molar-refractivity contribution in [3.8, 4) is 0 Å². The molecule has 1 aliphatic heterocycles. The monoisotopic (exact) mass is 375 g/mol. The van der Waals surface area contributed by atoms with Gasteiger partial charge < -0.3 is 9.88 Å². The molecule has 28 heavy (non-hydrogen) atoms. The van der Waals surface area contributed by atoms with Crippen molar-refractivity contribution >= 4 is 11.3 Å². The van der Waals surface area contributed by atoms with E-state index in [-0.39, 0.29) is 11.9 Å². The van der Waals surface area contributed by atoms with Gasteiger partial charge in [-0.3, -0.25) is 4.98 Å². The summed E-state index contributed by atoms with van der Waals surface area (Å²) in [5, 5.41) is 4.66. The number of fused-ring (bicyclic) bond motifs is 2. The van der Waals surface area contributed by atoms with E-state index in [1.54, 1.807) is 35.4 Å². The number of hydrogen-bond acceptors (Lipinski definition) is 5. The maximum atomic E-state index is 14.3. The number of aromatic nitrogens is 6. The van der Waals surface area contributed by atoms with E-state index < -0.39 is 0 Å². The number of aromatic amines is 1. The zero-order valence-electron chi connectivity index (χ0n) is 15.1. The Morgan fingerprint density at radius 1 is 1.18 bits per heavy atom. The molecule has 1 fully saturated rings. The predicted octanol–water partition coefficient (Wildman–Crippen LogP) is 3.02. The lowest BCUT2D eigenvalue weighted by atomic mass is 10.00. The number of pyridine rings is 1. The fraction of sp³-hybridized carbons (Fsp3) is 0.300. The maximum Gasteiger partial charge on any atom is 0.148 e. The first-order valence-electron chi connectivity index (χ1n) is 9.52. The minimum atomic E-state index is -0.288. The molecule has 0 spiro atoms. The topological polar surface area (TPSA) is 75.0 Å². The maximum absolute atomic E-state index is 14.3. The summed E-state index contributed by atoms with van der Waals surface area (Å²) in [6.45, 7) is 0.752. The zero-order valence-corrected chi connectivity index (χ0v) is 15.1. The molecule has 1 saturated carbocycles. The number of nitrogens with zero attached hydrogens (tertiary/aromatic N) is 6. The first-order chi connectivity index (χ1) is 13.8. The number of hydrogen-bond donors (Lipinski definition) is 1. The molecule has 1 atom stereocenters. The molecule has 0 bridgehead atoms. The number of halogens is 1. The second-order valence-corrected chi connectivity index (χ2v) is 7.44. The predicted molar refractivity (Wildman–Crippen MR) is 101 cm³/mol. The van der Waals surface area contributed by atoms with Crippen molar-refractivity contribution in [3.63, 3.8) is 0 Å². The standard InChI is InChI=1S/C20H18FN7/c21-13-2-1-6-28-17(13)8-15(26-28)20-19-14(23-11-24-19)5-7-27(20)18-10-22-9-16(25-18)12-3-4-12/h1-2,6,8-12,20H,3-5,7H2,(H,23,24)/t20-/m0/s1. The van der Waals surface area contributed by atoms with Crippen molar-refractivity contribution < 1.29 is 4.39 Å². The van der Waals surface area contributed by atoms with Crippen LogP contribution in [0.2, 0.25) is 0 Å². The van der Waals surface area contributed by atoms with Gasteiger partial charge in [-0.2, -0.15) is 5.10 Å². The summed E-state index contributed by atoms with van der Waals surface area (Å²) >= 11 is 0. The van der Waals surface area contributed by atoms with E-state index in [9.17, 15) is 4.39 Å². The third-order valence-electron chi connectivity index (χ3n) is 5.61. The summed E-state index contributed by atoms with van der Waals surface area (Å²) in [6, 6.07) is 4.70. The van der Waals surface area contributed by atoms with Crippen molar-refractivity contribution in [2.45, 2.75) is 31.2 Å². The Hall–Kier alpha value is -3.29. The molecule has 0 radical (unpaired) electrons. The molecule has 5 heterocycles. The largest absolute Gasteiger partial charge is 0.346 e. The Morgan fingerprint density at radius 2 is 2.11 bits per heavy atom. The second kappa shape index (κ2) is 5.85. The molecule has 0 saturated heterocycles. The molecular weight excluding hydrogens is 357 g/mol. The van der Waals surface area contributed by atoms with Gasteiger partial charge in [0, 0.05) is 31.3 Å². The van der Waals surface area contributed by atoms with Gasteiger partial charge in [0.25, 0.3) is 0 Å². The second-order valence-electron chi connectivity index (χ2n) is 7.44. The highest BCUT2D eigenvalue weighted by Gasteiger charge is 2.35. The van der Waals surface area contributed by atoms with Crippen LogP contribution in [-0.2, 0) is 6.42 Å². The first-order valence-corrected chi connectivity index (χ1v) is 9.52. The fourth-order valence-electron chi connectivity index (χ4n) is 4.05. The molecule has 0 unspecified atom stereocenters. The number of nitrogens with one attached hydrogen (secondary N) is 1. The van der Waals surface area contributed by atoms with Crippen molar-refractivity contribution in [3.05, 3.63) is 71.7 Å². The summed E-state index contributed by atoms with van der Waals surface area (Å²) in [4.78, 5) is 19.2. The lowest BCUT2D eigenvalue weighted by molar-refractivity contribution is 0.606. The Labute approximate surface area is 160 Å². The van der Waals surface area contributed by atoms with E-state index in [1.807, 2.05) is 6.20 Å². The highest BCUT2D eigenvalue weighted by molar-refractivity contribution is 5.54. The lowest BCUT2D eigenvalue weighted by Gasteiger charge is -2.35. The molecule has 8 heteroatoms. The van der Waals surface area contributed by atoms with E-state index in [1.165, 1.54) is 18.9 Å². The van der Waals surface area contributed by atoms with E-state index in [2.05, 4.69) is 25.0 Å². The lowest BCUT2D eigenvalue weighted by Crippen LogP contribution is -2.37. The van der Waals surface area contributed by atoms with Gasteiger partial charge in [0.1, 0.15) is 23.2 Å². The first kappa shape index (κ1) is 15.7. The van der Waals surface area contributed by atoms with Crippen LogP contribution in [0.3, 0.4) is 0 Å². The average Bonchev–Trinajstić information content (AvgIpc) is 3.30. The molecule has 1 aliphatic carbocycles. The van der Waals surface area contributed by atoms with Crippen LogP contribution in [0.5, 0.6) is 0 Å². The summed E-state index contributed by atoms with van der Waals surface area (Å²) in [5.74, 6) is 1.07. The van der Waals surface area contributed by atoms with Crippen LogP contribution < -0.4 is 4.90 Å².